The molecule has 2 N–H and O–H groups in total. The zero-order chi connectivity index (χ0) is 18.8. The van der Waals surface area contributed by atoms with Crippen molar-refractivity contribution in [1.29, 1.82) is 0 Å². The Bertz CT molecular complexity index is 696. The van der Waals surface area contributed by atoms with E-state index >= 15 is 0 Å². The van der Waals surface area contributed by atoms with Gasteiger partial charge in [0.15, 0.2) is 5.96 Å². The second-order valence-electron chi connectivity index (χ2n) is 6.15. The zero-order valence-electron chi connectivity index (χ0n) is 16.1. The fraction of sp³-hybridized carbons (Fsp3) is 0.500. The fourth-order valence-corrected chi connectivity index (χ4v) is 2.23. The molecule has 0 amide bonds. The molecule has 142 valence electrons. The van der Waals surface area contributed by atoms with Crippen molar-refractivity contribution in [3.63, 3.8) is 0 Å². The topological polar surface area (TPSA) is 79.6 Å². The van der Waals surface area contributed by atoms with E-state index in [4.69, 9.17) is 4.74 Å². The van der Waals surface area contributed by atoms with Gasteiger partial charge in [-0.05, 0) is 38.7 Å². The van der Waals surface area contributed by atoms with Crippen molar-refractivity contribution in [3.05, 3.63) is 42.0 Å². The van der Waals surface area contributed by atoms with Crippen LogP contribution in [-0.2, 0) is 20.1 Å². The standard InChI is InChI=1S/C18H29N7O/c1-5-19-18(21-13-17-22-14-23-25(17)4)20-12-15-7-6-8-16(11-15)26-10-9-24(2)3/h6-8,11,14H,5,9-10,12-13H2,1-4H3,(H2,19,20,21). The highest BCUT2D eigenvalue weighted by Crippen LogP contribution is 2.14. The second-order valence-corrected chi connectivity index (χ2v) is 6.15. The van der Waals surface area contributed by atoms with Gasteiger partial charge in [0, 0.05) is 20.1 Å². The first-order chi connectivity index (χ1) is 12.6. The van der Waals surface area contributed by atoms with E-state index in [1.54, 1.807) is 11.0 Å². The van der Waals surface area contributed by atoms with Gasteiger partial charge in [0.2, 0.25) is 0 Å². The van der Waals surface area contributed by atoms with Crippen LogP contribution in [0.25, 0.3) is 0 Å². The molecule has 1 aromatic heterocycles. The van der Waals surface area contributed by atoms with Crippen LogP contribution in [0.5, 0.6) is 5.75 Å². The maximum atomic E-state index is 5.78. The number of aliphatic imine (C=N–C) groups is 1. The van der Waals surface area contributed by atoms with Crippen molar-refractivity contribution in [2.24, 2.45) is 12.0 Å². The first-order valence-corrected chi connectivity index (χ1v) is 8.80. The number of hydrogen-bond donors (Lipinski definition) is 2. The minimum Gasteiger partial charge on any atom is -0.492 e. The highest BCUT2D eigenvalue weighted by Gasteiger charge is 2.03. The van der Waals surface area contributed by atoms with E-state index in [0.29, 0.717) is 19.7 Å². The lowest BCUT2D eigenvalue weighted by molar-refractivity contribution is 0.261. The maximum Gasteiger partial charge on any atom is 0.191 e. The number of likely N-dealkylation sites (N-methyl/N-ethyl adjacent to an activating group) is 1. The highest BCUT2D eigenvalue weighted by molar-refractivity contribution is 5.79. The molecule has 0 aliphatic heterocycles. The zero-order valence-corrected chi connectivity index (χ0v) is 16.1. The first kappa shape index (κ1) is 19.7. The lowest BCUT2D eigenvalue weighted by Crippen LogP contribution is -2.37. The molecule has 0 atom stereocenters. The number of nitrogens with zero attached hydrogens (tertiary/aromatic N) is 5. The number of benzene rings is 1. The van der Waals surface area contributed by atoms with E-state index in [2.05, 4.69) is 36.7 Å². The van der Waals surface area contributed by atoms with E-state index in [0.717, 1.165) is 36.2 Å². The average molecular weight is 359 g/mol. The Morgan fingerprint density at radius 3 is 2.85 bits per heavy atom. The van der Waals surface area contributed by atoms with Crippen LogP contribution in [0.15, 0.2) is 35.6 Å². The summed E-state index contributed by atoms with van der Waals surface area (Å²) < 4.78 is 7.52. The number of ether oxygens (including phenoxy) is 1. The van der Waals surface area contributed by atoms with E-state index in [-0.39, 0.29) is 0 Å². The Morgan fingerprint density at radius 1 is 1.31 bits per heavy atom. The van der Waals surface area contributed by atoms with Gasteiger partial charge in [0.25, 0.3) is 0 Å². The van der Waals surface area contributed by atoms with Crippen molar-refractivity contribution in [2.45, 2.75) is 20.0 Å². The molecule has 0 fully saturated rings. The smallest absolute Gasteiger partial charge is 0.191 e. The number of aromatic nitrogens is 3. The Labute approximate surface area is 155 Å². The van der Waals surface area contributed by atoms with Crippen LogP contribution in [-0.4, -0.2) is 59.4 Å². The van der Waals surface area contributed by atoms with Crippen molar-refractivity contribution >= 4 is 5.96 Å². The minimum absolute atomic E-state index is 0.565. The summed E-state index contributed by atoms with van der Waals surface area (Å²) in [6.45, 7) is 5.52. The van der Waals surface area contributed by atoms with Gasteiger partial charge in [-0.25, -0.2) is 9.98 Å². The Balaban J connectivity index is 1.92. The predicted octanol–water partition coefficient (Wildman–Crippen LogP) is 1.01. The minimum atomic E-state index is 0.565. The van der Waals surface area contributed by atoms with Crippen LogP contribution in [0.2, 0.25) is 0 Å². The quantitative estimate of drug-likeness (QED) is 0.514. The third kappa shape index (κ3) is 6.72. The van der Waals surface area contributed by atoms with Crippen LogP contribution in [0.1, 0.15) is 18.3 Å². The summed E-state index contributed by atoms with van der Waals surface area (Å²) in [4.78, 5) is 10.9. The molecule has 0 bridgehead atoms. The third-order valence-corrected chi connectivity index (χ3v) is 3.69. The molecule has 0 aliphatic rings. The van der Waals surface area contributed by atoms with E-state index < -0.39 is 0 Å². The summed E-state index contributed by atoms with van der Waals surface area (Å²) in [7, 11) is 5.94. The van der Waals surface area contributed by atoms with Gasteiger partial charge in [-0.3, -0.25) is 4.68 Å². The summed E-state index contributed by atoms with van der Waals surface area (Å²) in [5.41, 5.74) is 1.10. The van der Waals surface area contributed by atoms with Gasteiger partial charge in [0.1, 0.15) is 24.5 Å². The number of rotatable bonds is 9. The molecule has 0 saturated carbocycles. The van der Waals surface area contributed by atoms with Gasteiger partial charge < -0.3 is 20.3 Å². The largest absolute Gasteiger partial charge is 0.492 e. The molecule has 1 heterocycles. The van der Waals surface area contributed by atoms with E-state index in [1.165, 1.54) is 0 Å². The molecular formula is C18H29N7O. The second kappa shape index (κ2) is 10.4. The van der Waals surface area contributed by atoms with Gasteiger partial charge >= 0.3 is 0 Å². The van der Waals surface area contributed by atoms with Crippen molar-refractivity contribution in [1.82, 2.24) is 30.3 Å². The van der Waals surface area contributed by atoms with Crippen molar-refractivity contribution < 1.29 is 4.74 Å². The SMILES string of the molecule is CCNC(=NCc1cccc(OCCN(C)C)c1)NCc1ncnn1C. The average Bonchev–Trinajstić information content (AvgIpc) is 3.02. The normalized spacial score (nSPS) is 11.7. The predicted molar refractivity (Wildman–Crippen MR) is 103 cm³/mol. The molecule has 0 aliphatic carbocycles. The first-order valence-electron chi connectivity index (χ1n) is 8.80. The number of guanidine groups is 1. The lowest BCUT2D eigenvalue weighted by atomic mass is 10.2. The van der Waals surface area contributed by atoms with Crippen LogP contribution in [0.3, 0.4) is 0 Å². The van der Waals surface area contributed by atoms with Gasteiger partial charge in [-0.2, -0.15) is 5.10 Å². The van der Waals surface area contributed by atoms with Gasteiger partial charge in [-0.1, -0.05) is 12.1 Å². The number of aryl methyl sites for hydroxylation is 1. The molecule has 2 rings (SSSR count). The van der Waals surface area contributed by atoms with Crippen LogP contribution in [0.4, 0.5) is 0 Å². The molecule has 26 heavy (non-hydrogen) atoms. The lowest BCUT2D eigenvalue weighted by Gasteiger charge is -2.12. The highest BCUT2D eigenvalue weighted by atomic mass is 16.5. The summed E-state index contributed by atoms with van der Waals surface area (Å²) >= 11 is 0. The monoisotopic (exact) mass is 359 g/mol. The molecule has 8 heteroatoms. The van der Waals surface area contributed by atoms with Crippen molar-refractivity contribution in [2.75, 3.05) is 33.8 Å². The molecular weight excluding hydrogens is 330 g/mol. The molecule has 2 aromatic rings. The van der Waals surface area contributed by atoms with Crippen LogP contribution in [0, 0.1) is 0 Å². The van der Waals surface area contributed by atoms with Gasteiger partial charge in [0.05, 0.1) is 13.1 Å². The summed E-state index contributed by atoms with van der Waals surface area (Å²) in [6.07, 6.45) is 1.54. The Morgan fingerprint density at radius 2 is 2.15 bits per heavy atom. The number of nitrogens with one attached hydrogen (secondary N) is 2. The fourth-order valence-electron chi connectivity index (χ4n) is 2.23. The molecule has 8 nitrogen and oxygen atoms in total. The summed E-state index contributed by atoms with van der Waals surface area (Å²) in [5.74, 6) is 2.47. The Kier molecular flexibility index (Phi) is 7.88. The van der Waals surface area contributed by atoms with Crippen molar-refractivity contribution in [3.8, 4) is 5.75 Å². The third-order valence-electron chi connectivity index (χ3n) is 3.69. The molecule has 0 spiro atoms. The molecule has 1 aromatic carbocycles. The summed E-state index contributed by atoms with van der Waals surface area (Å²) in [6, 6.07) is 8.05. The van der Waals surface area contributed by atoms with Gasteiger partial charge in [-0.15, -0.1) is 0 Å². The Hall–Kier alpha value is -2.61. The molecule has 0 unspecified atom stereocenters. The van der Waals surface area contributed by atoms with E-state index in [1.807, 2.05) is 46.3 Å². The van der Waals surface area contributed by atoms with E-state index in [9.17, 15) is 0 Å². The van der Waals surface area contributed by atoms with Crippen LogP contribution < -0.4 is 15.4 Å². The molecule has 0 saturated heterocycles. The summed E-state index contributed by atoms with van der Waals surface area (Å²) in [5, 5.41) is 10.6. The van der Waals surface area contributed by atoms with Crippen LogP contribution >= 0.6 is 0 Å². The molecule has 0 radical (unpaired) electrons. The maximum absolute atomic E-state index is 5.78. The number of hydrogen-bond acceptors (Lipinski definition) is 5.